The molecule has 0 aliphatic carbocycles. The highest BCUT2D eigenvalue weighted by atomic mass is 35.5. The molecule has 21 heavy (non-hydrogen) atoms. The molecular formula is C17H18ClN3. The van der Waals surface area contributed by atoms with Crippen LogP contribution in [-0.4, -0.2) is 15.9 Å². The molecule has 0 aliphatic heterocycles. The fourth-order valence-corrected chi connectivity index (χ4v) is 2.59. The summed E-state index contributed by atoms with van der Waals surface area (Å²) in [7, 11) is 0. The number of fused-ring (bicyclic) bond motifs is 1. The average molecular weight is 300 g/mol. The molecule has 0 saturated heterocycles. The Balaban J connectivity index is 1.59. The molecule has 2 aromatic heterocycles. The quantitative estimate of drug-likeness (QED) is 0.729. The van der Waals surface area contributed by atoms with Gasteiger partial charge in [0.25, 0.3) is 0 Å². The van der Waals surface area contributed by atoms with Crippen molar-refractivity contribution < 1.29 is 0 Å². The summed E-state index contributed by atoms with van der Waals surface area (Å²) in [6, 6.07) is 14.1. The molecule has 0 aliphatic rings. The number of halogens is 1. The van der Waals surface area contributed by atoms with Gasteiger partial charge in [0, 0.05) is 17.8 Å². The van der Waals surface area contributed by atoms with Crippen molar-refractivity contribution in [3.63, 3.8) is 0 Å². The average Bonchev–Trinajstić information content (AvgIpc) is 2.81. The highest BCUT2D eigenvalue weighted by Crippen LogP contribution is 2.12. The summed E-state index contributed by atoms with van der Waals surface area (Å²) in [6.45, 7) is 3.81. The van der Waals surface area contributed by atoms with Gasteiger partial charge in [-0.3, -0.25) is 0 Å². The smallest absolute Gasteiger partial charge is 0.137 e. The molecule has 0 unspecified atom stereocenters. The Bertz CT molecular complexity index is 731. The Kier molecular flexibility index (Phi) is 4.23. The summed E-state index contributed by atoms with van der Waals surface area (Å²) in [4.78, 5) is 4.57. The van der Waals surface area contributed by atoms with Crippen LogP contribution in [0, 0.1) is 6.92 Å². The molecule has 3 nitrogen and oxygen atoms in total. The van der Waals surface area contributed by atoms with Gasteiger partial charge in [-0.15, -0.1) is 0 Å². The van der Waals surface area contributed by atoms with E-state index >= 15 is 0 Å². The van der Waals surface area contributed by atoms with Crippen LogP contribution in [0.15, 0.2) is 48.7 Å². The summed E-state index contributed by atoms with van der Waals surface area (Å²) < 4.78 is 2.14. The van der Waals surface area contributed by atoms with Crippen LogP contribution >= 0.6 is 11.6 Å². The monoisotopic (exact) mass is 299 g/mol. The van der Waals surface area contributed by atoms with E-state index in [-0.39, 0.29) is 0 Å². The second-order valence-electron chi connectivity index (χ2n) is 5.13. The molecule has 0 spiro atoms. The highest BCUT2D eigenvalue weighted by Gasteiger charge is 2.06. The van der Waals surface area contributed by atoms with E-state index in [1.165, 1.54) is 11.3 Å². The van der Waals surface area contributed by atoms with Gasteiger partial charge >= 0.3 is 0 Å². The van der Waals surface area contributed by atoms with E-state index in [0.717, 1.165) is 35.9 Å². The minimum Gasteiger partial charge on any atom is -0.311 e. The van der Waals surface area contributed by atoms with E-state index in [9.17, 15) is 0 Å². The van der Waals surface area contributed by atoms with Crippen molar-refractivity contribution in [2.75, 3.05) is 6.54 Å². The zero-order valence-corrected chi connectivity index (χ0v) is 12.8. The van der Waals surface area contributed by atoms with Gasteiger partial charge in [-0.25, -0.2) is 4.98 Å². The predicted octanol–water partition coefficient (Wildman–Crippen LogP) is 3.63. The standard InChI is InChI=1S/C17H18ClN3/c1-13-16(21-11-3-2-4-17(21)20-13)12-19-10-9-14-5-7-15(18)8-6-14/h2-8,11,19H,9-10,12H2,1H3. The topological polar surface area (TPSA) is 29.3 Å². The highest BCUT2D eigenvalue weighted by molar-refractivity contribution is 6.30. The van der Waals surface area contributed by atoms with Crippen LogP contribution in [0.3, 0.4) is 0 Å². The normalized spacial score (nSPS) is 11.1. The van der Waals surface area contributed by atoms with E-state index in [4.69, 9.17) is 11.6 Å². The number of pyridine rings is 1. The molecule has 0 saturated carbocycles. The van der Waals surface area contributed by atoms with Crippen molar-refractivity contribution in [3.8, 4) is 0 Å². The van der Waals surface area contributed by atoms with Crippen LogP contribution in [-0.2, 0) is 13.0 Å². The van der Waals surface area contributed by atoms with Gasteiger partial charge in [0.15, 0.2) is 0 Å². The molecule has 2 heterocycles. The Morgan fingerprint density at radius 3 is 2.76 bits per heavy atom. The molecule has 0 bridgehead atoms. The van der Waals surface area contributed by atoms with Crippen molar-refractivity contribution in [2.45, 2.75) is 19.9 Å². The predicted molar refractivity (Wildman–Crippen MR) is 86.8 cm³/mol. The van der Waals surface area contributed by atoms with Crippen molar-refractivity contribution >= 4 is 17.2 Å². The number of aromatic nitrogens is 2. The molecule has 0 atom stereocenters. The molecule has 1 aromatic carbocycles. The molecule has 0 fully saturated rings. The maximum absolute atomic E-state index is 5.89. The number of hydrogen-bond acceptors (Lipinski definition) is 2. The van der Waals surface area contributed by atoms with Crippen molar-refractivity contribution in [1.82, 2.24) is 14.7 Å². The van der Waals surface area contributed by atoms with Crippen LogP contribution < -0.4 is 5.32 Å². The van der Waals surface area contributed by atoms with Gasteiger partial charge in [-0.05, 0) is 49.7 Å². The second-order valence-corrected chi connectivity index (χ2v) is 5.56. The van der Waals surface area contributed by atoms with Crippen LogP contribution in [0.4, 0.5) is 0 Å². The Hall–Kier alpha value is -1.84. The van der Waals surface area contributed by atoms with E-state index < -0.39 is 0 Å². The van der Waals surface area contributed by atoms with Crippen LogP contribution in [0.5, 0.6) is 0 Å². The summed E-state index contributed by atoms with van der Waals surface area (Å²) in [5.74, 6) is 0. The number of benzene rings is 1. The van der Waals surface area contributed by atoms with Gasteiger partial charge in [0.2, 0.25) is 0 Å². The zero-order valence-electron chi connectivity index (χ0n) is 12.0. The molecule has 3 aromatic rings. The van der Waals surface area contributed by atoms with Crippen molar-refractivity contribution in [1.29, 1.82) is 0 Å². The zero-order chi connectivity index (χ0) is 14.7. The van der Waals surface area contributed by atoms with Crippen molar-refractivity contribution in [2.24, 2.45) is 0 Å². The minimum absolute atomic E-state index is 0.785. The lowest BCUT2D eigenvalue weighted by atomic mass is 10.1. The van der Waals surface area contributed by atoms with Gasteiger partial charge in [-0.1, -0.05) is 29.8 Å². The molecule has 4 heteroatoms. The third kappa shape index (κ3) is 3.26. The van der Waals surface area contributed by atoms with E-state index in [1.54, 1.807) is 0 Å². The SMILES string of the molecule is Cc1nc2ccccn2c1CNCCc1ccc(Cl)cc1. The van der Waals surface area contributed by atoms with Gasteiger partial charge < -0.3 is 9.72 Å². The summed E-state index contributed by atoms with van der Waals surface area (Å²) in [5.41, 5.74) is 4.60. The number of nitrogens with one attached hydrogen (secondary N) is 1. The van der Waals surface area contributed by atoms with E-state index in [0.29, 0.717) is 0 Å². The fourth-order valence-electron chi connectivity index (χ4n) is 2.47. The molecule has 108 valence electrons. The molecule has 1 N–H and O–H groups in total. The summed E-state index contributed by atoms with van der Waals surface area (Å²) >= 11 is 5.89. The van der Waals surface area contributed by atoms with E-state index in [1.807, 2.05) is 30.3 Å². The number of nitrogens with zero attached hydrogens (tertiary/aromatic N) is 2. The summed E-state index contributed by atoms with van der Waals surface area (Å²) in [5, 5.41) is 4.28. The van der Waals surface area contributed by atoms with E-state index in [2.05, 4.69) is 40.0 Å². The van der Waals surface area contributed by atoms with Crippen LogP contribution in [0.1, 0.15) is 17.0 Å². The largest absolute Gasteiger partial charge is 0.311 e. The number of hydrogen-bond donors (Lipinski definition) is 1. The first-order valence-corrected chi connectivity index (χ1v) is 7.49. The van der Waals surface area contributed by atoms with Crippen LogP contribution in [0.2, 0.25) is 5.02 Å². The number of aryl methyl sites for hydroxylation is 1. The Morgan fingerprint density at radius 2 is 1.95 bits per heavy atom. The third-order valence-corrected chi connectivity index (χ3v) is 3.88. The lowest BCUT2D eigenvalue weighted by Gasteiger charge is -2.06. The number of rotatable bonds is 5. The summed E-state index contributed by atoms with van der Waals surface area (Å²) in [6.07, 6.45) is 3.05. The molecule has 3 rings (SSSR count). The van der Waals surface area contributed by atoms with Gasteiger partial charge in [0.1, 0.15) is 5.65 Å². The Morgan fingerprint density at radius 1 is 1.14 bits per heavy atom. The maximum atomic E-state index is 5.89. The lowest BCUT2D eigenvalue weighted by molar-refractivity contribution is 0.668. The maximum Gasteiger partial charge on any atom is 0.137 e. The van der Waals surface area contributed by atoms with Gasteiger partial charge in [-0.2, -0.15) is 0 Å². The number of imidazole rings is 1. The molecule has 0 radical (unpaired) electrons. The third-order valence-electron chi connectivity index (χ3n) is 3.63. The molecule has 0 amide bonds. The van der Waals surface area contributed by atoms with Crippen molar-refractivity contribution in [3.05, 3.63) is 70.6 Å². The first-order valence-electron chi connectivity index (χ1n) is 7.12. The Labute approximate surface area is 129 Å². The molecular weight excluding hydrogens is 282 g/mol. The lowest BCUT2D eigenvalue weighted by Crippen LogP contribution is -2.18. The first kappa shape index (κ1) is 14.1. The van der Waals surface area contributed by atoms with Gasteiger partial charge in [0.05, 0.1) is 11.4 Å². The fraction of sp³-hybridized carbons (Fsp3) is 0.235. The van der Waals surface area contributed by atoms with Crippen LogP contribution in [0.25, 0.3) is 5.65 Å². The first-order chi connectivity index (χ1) is 10.2. The second kappa shape index (κ2) is 6.29. The minimum atomic E-state index is 0.785.